The minimum Gasteiger partial charge on any atom is -0.314 e. The Kier molecular flexibility index (Phi) is 4.60. The van der Waals surface area contributed by atoms with Crippen molar-refractivity contribution in [2.24, 2.45) is 0 Å². The van der Waals surface area contributed by atoms with E-state index in [0.29, 0.717) is 5.02 Å². The van der Waals surface area contributed by atoms with Crippen LogP contribution in [0.3, 0.4) is 0 Å². The van der Waals surface area contributed by atoms with Crippen molar-refractivity contribution >= 4 is 40.2 Å². The Morgan fingerprint density at radius 2 is 1.65 bits per heavy atom. The second-order valence-electron chi connectivity index (χ2n) is 5.01. The highest BCUT2D eigenvalue weighted by atomic mass is 35.5. The van der Waals surface area contributed by atoms with Crippen LogP contribution in [0.4, 0.5) is 10.5 Å². The van der Waals surface area contributed by atoms with Gasteiger partial charge in [0.05, 0.1) is 5.69 Å². The lowest BCUT2D eigenvalue weighted by Crippen LogP contribution is -2.23. The van der Waals surface area contributed by atoms with Crippen LogP contribution in [0.15, 0.2) is 72.9 Å². The van der Waals surface area contributed by atoms with Crippen molar-refractivity contribution in [3.8, 4) is 0 Å². The maximum atomic E-state index is 12.0. The van der Waals surface area contributed by atoms with Crippen LogP contribution in [0.2, 0.25) is 5.02 Å². The van der Waals surface area contributed by atoms with E-state index in [9.17, 15) is 4.79 Å². The third-order valence-electron chi connectivity index (χ3n) is 3.40. The van der Waals surface area contributed by atoms with Gasteiger partial charge in [0, 0.05) is 16.6 Å². The fourth-order valence-corrected chi connectivity index (χ4v) is 2.41. The first-order chi connectivity index (χ1) is 11.2. The Hall–Kier alpha value is -2.78. The zero-order valence-corrected chi connectivity index (χ0v) is 13.0. The van der Waals surface area contributed by atoms with E-state index in [0.717, 1.165) is 22.0 Å². The molecule has 2 amide bonds. The van der Waals surface area contributed by atoms with E-state index in [2.05, 4.69) is 10.6 Å². The molecule has 0 aromatic heterocycles. The first kappa shape index (κ1) is 15.1. The van der Waals surface area contributed by atoms with E-state index in [1.807, 2.05) is 54.6 Å². The van der Waals surface area contributed by atoms with Crippen LogP contribution in [-0.4, -0.2) is 6.03 Å². The molecule has 3 nitrogen and oxygen atoms in total. The number of hydrogen-bond donors (Lipinski definition) is 2. The number of nitrogens with one attached hydrogen (secondary N) is 2. The zero-order chi connectivity index (χ0) is 16.1. The van der Waals surface area contributed by atoms with Crippen molar-refractivity contribution in [1.29, 1.82) is 0 Å². The topological polar surface area (TPSA) is 41.1 Å². The molecule has 0 aliphatic rings. The maximum Gasteiger partial charge on any atom is 0.323 e. The molecule has 3 rings (SSSR count). The molecule has 0 saturated heterocycles. The van der Waals surface area contributed by atoms with Crippen molar-refractivity contribution < 1.29 is 4.79 Å². The highest BCUT2D eigenvalue weighted by molar-refractivity contribution is 6.30. The van der Waals surface area contributed by atoms with Crippen molar-refractivity contribution in [3.05, 3.63) is 83.5 Å². The molecule has 0 atom stereocenters. The first-order valence-electron chi connectivity index (χ1n) is 7.20. The lowest BCUT2D eigenvalue weighted by atomic mass is 10.1. The first-order valence-corrected chi connectivity index (χ1v) is 7.57. The van der Waals surface area contributed by atoms with Gasteiger partial charge in [0.15, 0.2) is 0 Å². The molecule has 0 saturated carbocycles. The van der Waals surface area contributed by atoms with Gasteiger partial charge in [0.25, 0.3) is 0 Å². The lowest BCUT2D eigenvalue weighted by Gasteiger charge is -2.08. The molecule has 0 spiro atoms. The molecule has 4 heteroatoms. The summed E-state index contributed by atoms with van der Waals surface area (Å²) in [6, 6.07) is 20.8. The summed E-state index contributed by atoms with van der Waals surface area (Å²) in [6.45, 7) is 0. The fraction of sp³-hybridized carbons (Fsp3) is 0. The number of fused-ring (bicyclic) bond motifs is 1. The van der Waals surface area contributed by atoms with Gasteiger partial charge in [-0.3, -0.25) is 0 Å². The Morgan fingerprint density at radius 3 is 2.48 bits per heavy atom. The van der Waals surface area contributed by atoms with Gasteiger partial charge in [0.2, 0.25) is 0 Å². The van der Waals surface area contributed by atoms with Crippen molar-refractivity contribution in [2.75, 3.05) is 5.32 Å². The second-order valence-corrected chi connectivity index (χ2v) is 5.45. The van der Waals surface area contributed by atoms with Gasteiger partial charge >= 0.3 is 6.03 Å². The highest BCUT2D eigenvalue weighted by Crippen LogP contribution is 2.22. The van der Waals surface area contributed by atoms with Crippen LogP contribution >= 0.6 is 11.6 Å². The summed E-state index contributed by atoms with van der Waals surface area (Å²) >= 11 is 5.83. The van der Waals surface area contributed by atoms with Crippen LogP contribution < -0.4 is 10.6 Å². The summed E-state index contributed by atoms with van der Waals surface area (Å²) in [5.74, 6) is 0. The molecular formula is C19H15ClN2O. The molecule has 0 bridgehead atoms. The van der Waals surface area contributed by atoms with E-state index in [-0.39, 0.29) is 6.03 Å². The summed E-state index contributed by atoms with van der Waals surface area (Å²) in [7, 11) is 0. The van der Waals surface area contributed by atoms with Crippen LogP contribution in [0, 0.1) is 0 Å². The third kappa shape index (κ3) is 3.90. The second kappa shape index (κ2) is 6.99. The normalized spacial score (nSPS) is 10.8. The number of hydrogen-bond acceptors (Lipinski definition) is 1. The van der Waals surface area contributed by atoms with Crippen LogP contribution in [0.5, 0.6) is 0 Å². The summed E-state index contributed by atoms with van der Waals surface area (Å²) in [5.41, 5.74) is 1.74. The van der Waals surface area contributed by atoms with E-state index < -0.39 is 0 Å². The van der Waals surface area contributed by atoms with E-state index in [1.54, 1.807) is 24.4 Å². The highest BCUT2D eigenvalue weighted by Gasteiger charge is 2.03. The zero-order valence-electron chi connectivity index (χ0n) is 12.3. The number of carbonyl (C=O) groups is 1. The van der Waals surface area contributed by atoms with Gasteiger partial charge < -0.3 is 10.6 Å². The molecule has 0 radical (unpaired) electrons. The quantitative estimate of drug-likeness (QED) is 0.676. The van der Waals surface area contributed by atoms with E-state index >= 15 is 0 Å². The van der Waals surface area contributed by atoms with Crippen LogP contribution in [0.25, 0.3) is 16.8 Å². The molecule has 0 aliphatic heterocycles. The van der Waals surface area contributed by atoms with Gasteiger partial charge in [-0.15, -0.1) is 0 Å². The SMILES string of the molecule is O=C(N/C=C/c1ccc(Cl)cc1)Nc1cccc2ccccc12. The molecule has 0 fully saturated rings. The van der Waals surface area contributed by atoms with Gasteiger partial charge in [0.1, 0.15) is 0 Å². The standard InChI is InChI=1S/C19H15ClN2O/c20-16-10-8-14(9-11-16)12-13-21-19(23)22-18-7-3-5-15-4-1-2-6-17(15)18/h1-13H,(H2,21,22,23)/b13-12+. The molecule has 3 aromatic rings. The van der Waals surface area contributed by atoms with Gasteiger partial charge in [-0.1, -0.05) is 60.1 Å². The predicted octanol–water partition coefficient (Wildman–Crippen LogP) is 5.29. The number of carbonyl (C=O) groups excluding carboxylic acids is 1. The van der Waals surface area contributed by atoms with Crippen LogP contribution in [-0.2, 0) is 0 Å². The fourth-order valence-electron chi connectivity index (χ4n) is 2.28. The molecule has 114 valence electrons. The van der Waals surface area contributed by atoms with Gasteiger partial charge in [-0.2, -0.15) is 0 Å². The molecule has 0 unspecified atom stereocenters. The summed E-state index contributed by atoms with van der Waals surface area (Å²) in [4.78, 5) is 12.0. The number of benzene rings is 3. The number of rotatable bonds is 3. The van der Waals surface area contributed by atoms with E-state index in [1.165, 1.54) is 0 Å². The number of urea groups is 1. The monoisotopic (exact) mass is 322 g/mol. The Morgan fingerprint density at radius 1 is 0.913 bits per heavy atom. The maximum absolute atomic E-state index is 12.0. The molecule has 2 N–H and O–H groups in total. The Labute approximate surface area is 139 Å². The summed E-state index contributed by atoms with van der Waals surface area (Å²) in [5, 5.41) is 8.33. The molecule has 23 heavy (non-hydrogen) atoms. The van der Waals surface area contributed by atoms with Crippen molar-refractivity contribution in [2.45, 2.75) is 0 Å². The Balaban J connectivity index is 1.66. The minimum absolute atomic E-state index is 0.286. The predicted molar refractivity (Wildman–Crippen MR) is 96.6 cm³/mol. The average Bonchev–Trinajstić information content (AvgIpc) is 2.57. The van der Waals surface area contributed by atoms with Crippen molar-refractivity contribution in [1.82, 2.24) is 5.32 Å². The molecule has 0 heterocycles. The lowest BCUT2D eigenvalue weighted by molar-refractivity contribution is 0.255. The number of amides is 2. The van der Waals surface area contributed by atoms with E-state index in [4.69, 9.17) is 11.6 Å². The molecule has 0 aliphatic carbocycles. The smallest absolute Gasteiger partial charge is 0.314 e. The molecule has 3 aromatic carbocycles. The van der Waals surface area contributed by atoms with Crippen molar-refractivity contribution in [3.63, 3.8) is 0 Å². The Bertz CT molecular complexity index is 851. The number of anilines is 1. The average molecular weight is 323 g/mol. The van der Waals surface area contributed by atoms with Gasteiger partial charge in [-0.05, 0) is 35.2 Å². The number of halogens is 1. The van der Waals surface area contributed by atoms with Gasteiger partial charge in [-0.25, -0.2) is 4.79 Å². The molecular weight excluding hydrogens is 308 g/mol. The largest absolute Gasteiger partial charge is 0.323 e. The minimum atomic E-state index is -0.286. The third-order valence-corrected chi connectivity index (χ3v) is 3.65. The summed E-state index contributed by atoms with van der Waals surface area (Å²) < 4.78 is 0. The summed E-state index contributed by atoms with van der Waals surface area (Å²) in [6.07, 6.45) is 3.41. The van der Waals surface area contributed by atoms with Crippen LogP contribution in [0.1, 0.15) is 5.56 Å².